The molecule has 0 bridgehead atoms. The zero-order valence-corrected chi connectivity index (χ0v) is 29.5. The molecule has 2 aromatic carbocycles. The third-order valence-electron chi connectivity index (χ3n) is 11.0. The molecule has 53 heavy (non-hydrogen) atoms. The number of aliphatic hydroxyl groups is 2. The van der Waals surface area contributed by atoms with Gasteiger partial charge in [-0.25, -0.2) is 14.6 Å². The van der Waals surface area contributed by atoms with E-state index >= 15 is 0 Å². The molecule has 4 aliphatic rings. The number of rotatable bonds is 10. The zero-order chi connectivity index (χ0) is 36.6. The largest absolute Gasteiger partial charge is 0.388 e. The smallest absolute Gasteiger partial charge is 0.324 e. The number of carbonyl (C=O) groups is 3. The van der Waals surface area contributed by atoms with Crippen molar-refractivity contribution >= 4 is 40.9 Å². The van der Waals surface area contributed by atoms with Crippen molar-refractivity contribution in [1.82, 2.24) is 45.3 Å². The number of anilines is 2. The van der Waals surface area contributed by atoms with E-state index in [1.807, 2.05) is 48.3 Å². The molecular weight excluding hydrogens is 678 g/mol. The molecule has 5 heterocycles. The molecule has 16 nitrogen and oxygen atoms in total. The number of nitrogens with zero attached hydrogens (tertiary/aromatic N) is 7. The molecule has 0 spiro atoms. The molecule has 1 aliphatic carbocycles. The molecule has 4 fully saturated rings. The van der Waals surface area contributed by atoms with Crippen molar-refractivity contribution in [2.45, 2.75) is 61.6 Å². The molecule has 6 atom stereocenters. The summed E-state index contributed by atoms with van der Waals surface area (Å²) < 4.78 is 1.71. The van der Waals surface area contributed by atoms with Crippen molar-refractivity contribution in [3.05, 3.63) is 78.1 Å². The fourth-order valence-electron chi connectivity index (χ4n) is 8.22. The van der Waals surface area contributed by atoms with Gasteiger partial charge in [0.2, 0.25) is 11.9 Å². The van der Waals surface area contributed by atoms with Gasteiger partial charge in [-0.15, -0.1) is 0 Å². The number of aromatic nitrogens is 4. The normalized spacial score (nSPS) is 26.2. The summed E-state index contributed by atoms with van der Waals surface area (Å²) in [6, 6.07) is 18.0. The Balaban J connectivity index is 1.09. The van der Waals surface area contributed by atoms with E-state index in [0.717, 1.165) is 35.5 Å². The maximum Gasteiger partial charge on any atom is 0.324 e. The molecule has 0 radical (unpaired) electrons. The fourth-order valence-corrected chi connectivity index (χ4v) is 8.22. The second kappa shape index (κ2) is 14.6. The average molecular weight is 724 g/mol. The van der Waals surface area contributed by atoms with Crippen LogP contribution in [0, 0.1) is 0 Å². The summed E-state index contributed by atoms with van der Waals surface area (Å²) in [4.78, 5) is 57.9. The van der Waals surface area contributed by atoms with Crippen LogP contribution in [0.2, 0.25) is 0 Å². The van der Waals surface area contributed by atoms with E-state index in [1.165, 1.54) is 0 Å². The molecule has 4 aromatic rings. The SMILES string of the molecule is CN1CC[C@@H](NC(=O)N[C@@H]2CCN(c3nc(NCC(c4ccccc4)c4ccccc4)c4ncn([C@@H]5C[C@H](N6C(=O)CNC6=O)[C@@H](O)[C@H]5O)c4n3)C2)C1. The van der Waals surface area contributed by atoms with Crippen molar-refractivity contribution in [1.29, 1.82) is 0 Å². The Labute approximate surface area is 306 Å². The molecule has 5 amide bonds. The minimum atomic E-state index is -1.36. The number of likely N-dealkylation sites (tertiary alicyclic amines) is 1. The molecule has 2 aromatic heterocycles. The molecule has 278 valence electrons. The number of imidazole rings is 1. The summed E-state index contributed by atoms with van der Waals surface area (Å²) in [5.74, 6) is 0.465. The Hall–Kier alpha value is -5.32. The van der Waals surface area contributed by atoms with Gasteiger partial charge in [0, 0.05) is 44.2 Å². The Morgan fingerprint density at radius 1 is 0.906 bits per heavy atom. The lowest BCUT2D eigenvalue weighted by Crippen LogP contribution is -2.47. The van der Waals surface area contributed by atoms with E-state index in [4.69, 9.17) is 15.0 Å². The lowest BCUT2D eigenvalue weighted by molar-refractivity contribution is -0.128. The van der Waals surface area contributed by atoms with Gasteiger partial charge in [0.05, 0.1) is 25.0 Å². The summed E-state index contributed by atoms with van der Waals surface area (Å²) in [5, 5.41) is 34.7. The van der Waals surface area contributed by atoms with E-state index in [9.17, 15) is 24.6 Å². The lowest BCUT2D eigenvalue weighted by Gasteiger charge is -2.23. The summed E-state index contributed by atoms with van der Waals surface area (Å²) in [7, 11) is 2.05. The van der Waals surface area contributed by atoms with Crippen LogP contribution < -0.4 is 26.2 Å². The standard InChI is InChI=1S/C37H45N11O5/c1-45-14-12-24(19-45)41-36(52)42-25-13-15-46(20-25)35-43-33(38-17-26(22-8-4-2-5-9-22)23-10-6-3-7-11-23)30-34(44-35)47(21-40-30)27-16-28(32(51)31(27)50)48-29(49)18-39-37(48)53/h2-11,21,24-28,31-32,50-51H,12-20H2,1H3,(H,39,53)(H,38,43,44)(H2,41,42,52)/t24-,25-,27-,28+,31+,32-/m1/s1. The third kappa shape index (κ3) is 6.96. The first-order chi connectivity index (χ1) is 25.7. The summed E-state index contributed by atoms with van der Waals surface area (Å²) >= 11 is 0. The Bertz CT molecular complexity index is 1910. The van der Waals surface area contributed by atoms with Crippen LogP contribution in [0.1, 0.15) is 42.3 Å². The second-order valence-electron chi connectivity index (χ2n) is 14.5. The first-order valence-corrected chi connectivity index (χ1v) is 18.3. The predicted octanol–water partition coefficient (Wildman–Crippen LogP) is 1.24. The van der Waals surface area contributed by atoms with E-state index < -0.39 is 36.2 Å². The first-order valence-electron chi connectivity index (χ1n) is 18.3. The van der Waals surface area contributed by atoms with Crippen LogP contribution in [0.5, 0.6) is 0 Å². The monoisotopic (exact) mass is 723 g/mol. The third-order valence-corrected chi connectivity index (χ3v) is 11.0. The number of fused-ring (bicyclic) bond motifs is 1. The molecule has 16 heteroatoms. The number of carbonyl (C=O) groups excluding carboxylic acids is 3. The maximum absolute atomic E-state index is 12.9. The van der Waals surface area contributed by atoms with E-state index in [-0.39, 0.29) is 37.0 Å². The molecule has 3 aliphatic heterocycles. The highest BCUT2D eigenvalue weighted by atomic mass is 16.3. The van der Waals surface area contributed by atoms with Gasteiger partial charge in [-0.1, -0.05) is 60.7 Å². The highest BCUT2D eigenvalue weighted by molar-refractivity contribution is 6.02. The average Bonchev–Trinajstić information content (AvgIpc) is 4.00. The van der Waals surface area contributed by atoms with Gasteiger partial charge in [0.1, 0.15) is 12.2 Å². The quantitative estimate of drug-likeness (QED) is 0.129. The van der Waals surface area contributed by atoms with E-state index in [0.29, 0.717) is 49.0 Å². The van der Waals surface area contributed by atoms with Crippen LogP contribution >= 0.6 is 0 Å². The highest BCUT2D eigenvalue weighted by Gasteiger charge is 2.50. The molecule has 8 rings (SSSR count). The Kier molecular flexibility index (Phi) is 9.57. The maximum atomic E-state index is 12.9. The second-order valence-corrected chi connectivity index (χ2v) is 14.5. The molecule has 3 saturated heterocycles. The predicted molar refractivity (Wildman–Crippen MR) is 196 cm³/mol. The van der Waals surface area contributed by atoms with E-state index in [1.54, 1.807) is 10.9 Å². The zero-order valence-electron chi connectivity index (χ0n) is 29.5. The topological polar surface area (TPSA) is 193 Å². The number of hydrogen-bond donors (Lipinski definition) is 6. The number of aliphatic hydroxyl groups excluding tert-OH is 2. The van der Waals surface area contributed by atoms with Crippen molar-refractivity contribution < 1.29 is 24.6 Å². The molecule has 0 unspecified atom stereocenters. The van der Waals surface area contributed by atoms with Crippen LogP contribution in [0.25, 0.3) is 11.2 Å². The van der Waals surface area contributed by atoms with Gasteiger partial charge in [-0.05, 0) is 44.0 Å². The molecule has 6 N–H and O–H groups in total. The van der Waals surface area contributed by atoms with Crippen molar-refractivity contribution in [3.8, 4) is 0 Å². The van der Waals surface area contributed by atoms with Gasteiger partial charge in [-0.3, -0.25) is 9.69 Å². The summed E-state index contributed by atoms with van der Waals surface area (Å²) in [6.45, 7) is 3.22. The number of benzene rings is 2. The molecule has 1 saturated carbocycles. The van der Waals surface area contributed by atoms with E-state index in [2.05, 4.69) is 50.4 Å². The van der Waals surface area contributed by atoms with Gasteiger partial charge in [0.25, 0.3) is 0 Å². The van der Waals surface area contributed by atoms with Gasteiger partial charge >= 0.3 is 12.1 Å². The minimum Gasteiger partial charge on any atom is -0.388 e. The number of nitrogens with one attached hydrogen (secondary N) is 4. The van der Waals surface area contributed by atoms with Crippen molar-refractivity contribution in [3.63, 3.8) is 0 Å². The first kappa shape index (κ1) is 34.7. The van der Waals surface area contributed by atoms with Gasteiger partial charge in [-0.2, -0.15) is 9.97 Å². The fraction of sp³-hybridized carbons (Fsp3) is 0.459. The van der Waals surface area contributed by atoms with Crippen LogP contribution in [-0.2, 0) is 4.79 Å². The number of hydrogen-bond acceptors (Lipinski definition) is 11. The number of amides is 5. The number of urea groups is 2. The minimum absolute atomic E-state index is 0.0109. The van der Waals surface area contributed by atoms with Crippen LogP contribution in [0.4, 0.5) is 21.4 Å². The Morgan fingerprint density at radius 3 is 2.21 bits per heavy atom. The summed E-state index contributed by atoms with van der Waals surface area (Å²) in [5.41, 5.74) is 3.17. The van der Waals surface area contributed by atoms with Gasteiger partial charge < -0.3 is 45.8 Å². The number of imide groups is 1. The Morgan fingerprint density at radius 2 is 1.57 bits per heavy atom. The van der Waals surface area contributed by atoms with Crippen LogP contribution in [0.15, 0.2) is 67.0 Å². The number of likely N-dealkylation sites (N-methyl/N-ethyl adjacent to an activating group) is 1. The lowest BCUT2D eigenvalue weighted by atomic mass is 9.91. The van der Waals surface area contributed by atoms with Crippen LogP contribution in [-0.4, -0.2) is 134 Å². The van der Waals surface area contributed by atoms with Gasteiger partial charge in [0.15, 0.2) is 17.0 Å². The van der Waals surface area contributed by atoms with Crippen molar-refractivity contribution in [2.24, 2.45) is 0 Å². The van der Waals surface area contributed by atoms with Crippen molar-refractivity contribution in [2.75, 3.05) is 56.5 Å². The van der Waals surface area contributed by atoms with Crippen LogP contribution in [0.3, 0.4) is 0 Å². The highest BCUT2D eigenvalue weighted by Crippen LogP contribution is 2.38. The molecular formula is C37H45N11O5. The summed E-state index contributed by atoms with van der Waals surface area (Å²) in [6.07, 6.45) is 0.639.